The van der Waals surface area contributed by atoms with E-state index in [1.165, 1.54) is 18.1 Å². The Morgan fingerprint density at radius 1 is 1.12 bits per heavy atom. The Morgan fingerprint density at radius 3 is 1.69 bits per heavy atom. The molecule has 0 spiro atoms. The third-order valence-electron chi connectivity index (χ3n) is 1.53. The fourth-order valence-corrected chi connectivity index (χ4v) is 0.824. The largest absolute Gasteiger partial charge is 0.307 e. The molecule has 0 aliphatic carbocycles. The summed E-state index contributed by atoms with van der Waals surface area (Å²) in [6.45, 7) is 11.7. The molecule has 0 aromatic heterocycles. The van der Waals surface area contributed by atoms with Gasteiger partial charge in [0.2, 0.25) is 0 Å². The number of hydrogen-bond donors (Lipinski definition) is 0. The van der Waals surface area contributed by atoms with Crippen LogP contribution in [0.2, 0.25) is 0 Å². The second-order valence-corrected chi connectivity index (χ2v) is 2.57. The fourth-order valence-electron chi connectivity index (χ4n) is 0.824. The SMILES string of the molecule is C=O.CC.CC=O.CCc1ccc(C)cc1. The molecule has 1 aromatic carbocycles. The van der Waals surface area contributed by atoms with Crippen LogP contribution in [0.15, 0.2) is 24.3 Å². The van der Waals surface area contributed by atoms with E-state index < -0.39 is 0 Å². The average molecular weight is 224 g/mol. The molecule has 1 rings (SSSR count). The van der Waals surface area contributed by atoms with Gasteiger partial charge in [-0.3, -0.25) is 0 Å². The van der Waals surface area contributed by atoms with Crippen molar-refractivity contribution >= 4 is 13.1 Å². The molecule has 2 heteroatoms. The van der Waals surface area contributed by atoms with Crippen LogP contribution >= 0.6 is 0 Å². The van der Waals surface area contributed by atoms with Crippen LogP contribution in [-0.2, 0) is 16.0 Å². The first-order valence-corrected chi connectivity index (χ1v) is 5.48. The molecule has 0 unspecified atom stereocenters. The van der Waals surface area contributed by atoms with Crippen LogP contribution < -0.4 is 0 Å². The predicted molar refractivity (Wildman–Crippen MR) is 70.8 cm³/mol. The second-order valence-electron chi connectivity index (χ2n) is 2.57. The summed E-state index contributed by atoms with van der Waals surface area (Å²) in [6, 6.07) is 8.66. The van der Waals surface area contributed by atoms with Gasteiger partial charge in [0.1, 0.15) is 13.1 Å². The van der Waals surface area contributed by atoms with Gasteiger partial charge >= 0.3 is 0 Å². The molecule has 0 bridgehead atoms. The molecular weight excluding hydrogens is 200 g/mol. The summed E-state index contributed by atoms with van der Waals surface area (Å²) in [5.41, 5.74) is 2.76. The molecule has 0 amide bonds. The zero-order chi connectivity index (χ0) is 13.4. The van der Waals surface area contributed by atoms with Gasteiger partial charge in [0.05, 0.1) is 0 Å². The summed E-state index contributed by atoms with van der Waals surface area (Å²) in [7, 11) is 0. The summed E-state index contributed by atoms with van der Waals surface area (Å²) < 4.78 is 0. The van der Waals surface area contributed by atoms with Crippen molar-refractivity contribution in [2.45, 2.75) is 41.0 Å². The molecule has 0 aliphatic rings. The van der Waals surface area contributed by atoms with Crippen molar-refractivity contribution < 1.29 is 9.59 Å². The molecule has 0 fully saturated rings. The first kappa shape index (κ1) is 20.0. The molecule has 92 valence electrons. The van der Waals surface area contributed by atoms with Gasteiger partial charge in [-0.25, -0.2) is 0 Å². The van der Waals surface area contributed by atoms with Crippen molar-refractivity contribution in [1.29, 1.82) is 0 Å². The first-order valence-electron chi connectivity index (χ1n) is 5.48. The third-order valence-corrected chi connectivity index (χ3v) is 1.53. The lowest BCUT2D eigenvalue weighted by atomic mass is 10.1. The Kier molecular flexibility index (Phi) is 24.0. The van der Waals surface area contributed by atoms with E-state index in [1.54, 1.807) is 0 Å². The van der Waals surface area contributed by atoms with E-state index in [2.05, 4.69) is 38.1 Å². The predicted octanol–water partition coefficient (Wildman–Crippen LogP) is 3.60. The number of aryl methyl sites for hydroxylation is 2. The van der Waals surface area contributed by atoms with Crippen LogP contribution in [0.5, 0.6) is 0 Å². The summed E-state index contributed by atoms with van der Waals surface area (Å²) in [5.74, 6) is 0. The van der Waals surface area contributed by atoms with E-state index in [-0.39, 0.29) is 0 Å². The van der Waals surface area contributed by atoms with Crippen LogP contribution in [-0.4, -0.2) is 13.1 Å². The highest BCUT2D eigenvalue weighted by atomic mass is 16.1. The number of aldehydes is 1. The van der Waals surface area contributed by atoms with Crippen molar-refractivity contribution in [2.24, 2.45) is 0 Å². The second kappa shape index (κ2) is 19.2. The molecule has 2 nitrogen and oxygen atoms in total. The van der Waals surface area contributed by atoms with E-state index in [9.17, 15) is 0 Å². The van der Waals surface area contributed by atoms with Gasteiger partial charge in [0.15, 0.2) is 0 Å². The number of benzene rings is 1. The molecular formula is C14H24O2. The highest BCUT2D eigenvalue weighted by molar-refractivity contribution is 5.44. The fraction of sp³-hybridized carbons (Fsp3) is 0.429. The van der Waals surface area contributed by atoms with Gasteiger partial charge in [-0.15, -0.1) is 0 Å². The van der Waals surface area contributed by atoms with Crippen LogP contribution in [0, 0.1) is 6.92 Å². The van der Waals surface area contributed by atoms with Crippen molar-refractivity contribution in [3.63, 3.8) is 0 Å². The maximum Gasteiger partial charge on any atom is 0.116 e. The lowest BCUT2D eigenvalue weighted by Crippen LogP contribution is -1.77. The highest BCUT2D eigenvalue weighted by Crippen LogP contribution is 2.02. The Bertz CT molecular complexity index is 227. The van der Waals surface area contributed by atoms with Crippen molar-refractivity contribution in [3.8, 4) is 0 Å². The summed E-state index contributed by atoms with van der Waals surface area (Å²) >= 11 is 0. The average Bonchev–Trinajstić information content (AvgIpc) is 2.36. The zero-order valence-electron chi connectivity index (χ0n) is 11.1. The third kappa shape index (κ3) is 15.1. The minimum atomic E-state index is 0.750. The van der Waals surface area contributed by atoms with Crippen LogP contribution in [0.1, 0.15) is 38.8 Å². The molecule has 1 aromatic rings. The van der Waals surface area contributed by atoms with E-state index in [0.717, 1.165) is 12.7 Å². The van der Waals surface area contributed by atoms with Crippen molar-refractivity contribution in [1.82, 2.24) is 0 Å². The smallest absolute Gasteiger partial charge is 0.116 e. The van der Waals surface area contributed by atoms with Crippen LogP contribution in [0.4, 0.5) is 0 Å². The Hall–Kier alpha value is -1.44. The summed E-state index contributed by atoms with van der Waals surface area (Å²) in [5, 5.41) is 0. The normalized spacial score (nSPS) is 6.81. The topological polar surface area (TPSA) is 34.1 Å². The first-order chi connectivity index (χ1) is 7.74. The molecule has 0 heterocycles. The monoisotopic (exact) mass is 224 g/mol. The standard InChI is InChI=1S/C9H12.C2H4O.C2H6.CH2O/c1-3-9-6-4-8(2)5-7-9;1-2-3;2*1-2/h4-7H,3H2,1-2H3;2H,1H3;1-2H3;1H2. The molecule has 16 heavy (non-hydrogen) atoms. The molecule has 0 N–H and O–H groups in total. The van der Waals surface area contributed by atoms with Crippen molar-refractivity contribution in [2.75, 3.05) is 0 Å². The molecule has 0 atom stereocenters. The Labute approximate surface area is 99.7 Å². The quantitative estimate of drug-likeness (QED) is 0.683. The van der Waals surface area contributed by atoms with E-state index in [4.69, 9.17) is 9.59 Å². The number of carbonyl (C=O) groups is 2. The zero-order valence-corrected chi connectivity index (χ0v) is 11.1. The summed E-state index contributed by atoms with van der Waals surface area (Å²) in [6.07, 6.45) is 1.89. The van der Waals surface area contributed by atoms with Crippen LogP contribution in [0.3, 0.4) is 0 Å². The maximum atomic E-state index is 8.81. The number of hydrogen-bond acceptors (Lipinski definition) is 2. The van der Waals surface area contributed by atoms with Gasteiger partial charge < -0.3 is 9.59 Å². The molecule has 0 saturated carbocycles. The minimum Gasteiger partial charge on any atom is -0.307 e. The lowest BCUT2D eigenvalue weighted by molar-refractivity contribution is -0.106. The molecule has 0 radical (unpaired) electrons. The minimum absolute atomic E-state index is 0.750. The Balaban J connectivity index is -0.000000206. The van der Waals surface area contributed by atoms with E-state index in [0.29, 0.717) is 0 Å². The Morgan fingerprint density at radius 2 is 1.44 bits per heavy atom. The van der Waals surface area contributed by atoms with E-state index in [1.807, 2.05) is 20.6 Å². The summed E-state index contributed by atoms with van der Waals surface area (Å²) in [4.78, 5) is 16.8. The number of rotatable bonds is 1. The maximum absolute atomic E-state index is 8.81. The lowest BCUT2D eigenvalue weighted by Gasteiger charge is -1.94. The highest BCUT2D eigenvalue weighted by Gasteiger charge is 1.84. The molecule has 0 saturated heterocycles. The van der Waals surface area contributed by atoms with Gasteiger partial charge in [-0.05, 0) is 25.8 Å². The van der Waals surface area contributed by atoms with Gasteiger partial charge in [-0.1, -0.05) is 50.6 Å². The number of carbonyl (C=O) groups excluding carboxylic acids is 2. The van der Waals surface area contributed by atoms with Gasteiger partial charge in [-0.2, -0.15) is 0 Å². The van der Waals surface area contributed by atoms with Gasteiger partial charge in [0.25, 0.3) is 0 Å². The van der Waals surface area contributed by atoms with Crippen LogP contribution in [0.25, 0.3) is 0 Å². The van der Waals surface area contributed by atoms with E-state index >= 15 is 0 Å². The van der Waals surface area contributed by atoms with Crippen molar-refractivity contribution in [3.05, 3.63) is 35.4 Å². The van der Waals surface area contributed by atoms with Gasteiger partial charge in [0, 0.05) is 0 Å². The molecule has 0 aliphatic heterocycles.